The molecule has 0 aromatic heterocycles. The molecule has 1 amide bonds. The zero-order valence-electron chi connectivity index (χ0n) is 17.1. The molecule has 2 unspecified atom stereocenters. The van der Waals surface area contributed by atoms with Gasteiger partial charge in [-0.05, 0) is 55.5 Å². The average molecular weight is 473 g/mol. The Labute approximate surface area is 191 Å². The monoisotopic (exact) mass is 472 g/mol. The van der Waals surface area contributed by atoms with Gasteiger partial charge in [-0.3, -0.25) is 9.69 Å². The number of hydrogen-bond acceptors (Lipinski definition) is 2. The summed E-state index contributed by atoms with van der Waals surface area (Å²) in [5, 5.41) is 2.10. The van der Waals surface area contributed by atoms with Crippen LogP contribution in [0.1, 0.15) is 52.7 Å². The van der Waals surface area contributed by atoms with Crippen molar-refractivity contribution in [3.8, 4) is 0 Å². The number of alkyl halides is 3. The maximum absolute atomic E-state index is 13.0. The molecule has 2 aliphatic rings. The summed E-state index contributed by atoms with van der Waals surface area (Å²) in [5.74, 6) is 0.138. The molecule has 2 fully saturated rings. The first kappa shape index (κ1) is 23.9. The van der Waals surface area contributed by atoms with Crippen LogP contribution in [0.3, 0.4) is 0 Å². The molecule has 168 valence electrons. The van der Waals surface area contributed by atoms with Crippen molar-refractivity contribution in [1.29, 1.82) is 0 Å². The molecule has 3 nitrogen and oxygen atoms in total. The Balaban J connectivity index is 0.00000272. The molecule has 1 saturated carbocycles. The van der Waals surface area contributed by atoms with Gasteiger partial charge < -0.3 is 5.32 Å². The minimum Gasteiger partial charge on any atom is -0.348 e. The number of fused-ring (bicyclic) bond motifs is 2. The van der Waals surface area contributed by atoms with Gasteiger partial charge in [-0.2, -0.15) is 13.2 Å². The summed E-state index contributed by atoms with van der Waals surface area (Å²) in [6, 6.07) is 11.5. The number of benzene rings is 2. The van der Waals surface area contributed by atoms with Crippen LogP contribution in [0.2, 0.25) is 5.02 Å². The van der Waals surface area contributed by atoms with E-state index in [9.17, 15) is 18.0 Å². The zero-order valence-corrected chi connectivity index (χ0v) is 18.7. The van der Waals surface area contributed by atoms with Gasteiger partial charge in [0.05, 0.1) is 16.1 Å². The highest BCUT2D eigenvalue weighted by molar-refractivity contribution is 6.34. The third-order valence-corrected chi connectivity index (χ3v) is 6.99. The smallest absolute Gasteiger partial charge is 0.348 e. The Morgan fingerprint density at radius 3 is 2.61 bits per heavy atom. The molecule has 2 bridgehead atoms. The molecule has 1 aliphatic carbocycles. The topological polar surface area (TPSA) is 32.3 Å². The van der Waals surface area contributed by atoms with Crippen molar-refractivity contribution in [1.82, 2.24) is 10.2 Å². The molecule has 2 aromatic rings. The van der Waals surface area contributed by atoms with E-state index < -0.39 is 22.7 Å². The zero-order chi connectivity index (χ0) is 21.5. The number of likely N-dealkylation sites (tertiary alicyclic amines) is 1. The molecule has 2 atom stereocenters. The van der Waals surface area contributed by atoms with Gasteiger partial charge in [-0.15, -0.1) is 12.4 Å². The second kappa shape index (κ2) is 9.00. The summed E-state index contributed by atoms with van der Waals surface area (Å²) in [6.45, 7) is 1.35. The van der Waals surface area contributed by atoms with Crippen LogP contribution in [-0.4, -0.2) is 24.4 Å². The average Bonchev–Trinajstić information content (AvgIpc) is 2.94. The molecule has 2 aromatic carbocycles. The highest BCUT2D eigenvalue weighted by Crippen LogP contribution is 2.49. The minimum atomic E-state index is -4.60. The van der Waals surface area contributed by atoms with Crippen molar-refractivity contribution < 1.29 is 18.0 Å². The summed E-state index contributed by atoms with van der Waals surface area (Å²) < 4.78 is 39.0. The van der Waals surface area contributed by atoms with Crippen LogP contribution in [0.5, 0.6) is 0 Å². The van der Waals surface area contributed by atoms with Crippen molar-refractivity contribution >= 4 is 29.9 Å². The summed E-state index contributed by atoms with van der Waals surface area (Å²) in [7, 11) is 2.19. The predicted octanol–water partition coefficient (Wildman–Crippen LogP) is 6.04. The highest BCUT2D eigenvalue weighted by atomic mass is 35.5. The van der Waals surface area contributed by atoms with Gasteiger partial charge in [0.15, 0.2) is 0 Å². The number of rotatable bonds is 4. The summed E-state index contributed by atoms with van der Waals surface area (Å²) in [6.07, 6.45) is 0.283. The first-order chi connectivity index (χ1) is 14.2. The third kappa shape index (κ3) is 4.57. The Morgan fingerprint density at radius 1 is 1.23 bits per heavy atom. The molecule has 1 saturated heterocycles. The van der Waals surface area contributed by atoms with Gasteiger partial charge in [0.1, 0.15) is 0 Å². The molecule has 4 rings (SSSR count). The lowest BCUT2D eigenvalue weighted by Crippen LogP contribution is -2.38. The van der Waals surface area contributed by atoms with Crippen LogP contribution in [0.15, 0.2) is 42.5 Å². The number of halogens is 5. The van der Waals surface area contributed by atoms with E-state index >= 15 is 0 Å². The Kier molecular flexibility index (Phi) is 6.94. The van der Waals surface area contributed by atoms with E-state index in [2.05, 4.69) is 29.4 Å². The van der Waals surface area contributed by atoms with Crippen molar-refractivity contribution in [2.75, 3.05) is 13.6 Å². The molecule has 1 aliphatic heterocycles. The van der Waals surface area contributed by atoms with Gasteiger partial charge in [-0.1, -0.05) is 48.4 Å². The van der Waals surface area contributed by atoms with Gasteiger partial charge >= 0.3 is 6.18 Å². The van der Waals surface area contributed by atoms with Crippen LogP contribution in [-0.2, 0) is 18.3 Å². The van der Waals surface area contributed by atoms with E-state index in [1.165, 1.54) is 37.0 Å². The molecular weight excluding hydrogens is 448 g/mol. The SMILES string of the molecule is CN1CC2CCCC1(c1ccc(CNC(=O)c3cccc(C(F)(F)F)c3Cl)cc1)C2.Cl. The second-order valence-electron chi connectivity index (χ2n) is 8.42. The largest absolute Gasteiger partial charge is 0.417 e. The van der Waals surface area contributed by atoms with Gasteiger partial charge in [-0.25, -0.2) is 0 Å². The fraction of sp³-hybridized carbons (Fsp3) is 0.435. The number of carbonyl (C=O) groups is 1. The number of amides is 1. The van der Waals surface area contributed by atoms with Gasteiger partial charge in [0, 0.05) is 18.6 Å². The predicted molar refractivity (Wildman–Crippen MR) is 118 cm³/mol. The standard InChI is InChI=1S/C23H24ClF3N2O.ClH/c1-29-14-16-4-3-11-22(29,12-16)17-9-7-15(8-10-17)13-28-21(30)18-5-2-6-19(20(18)24)23(25,26)27;/h2,5-10,16H,3-4,11-14H2,1H3,(H,28,30);1H. The Hall–Kier alpha value is -1.76. The van der Waals surface area contributed by atoms with E-state index in [-0.39, 0.29) is 30.1 Å². The summed E-state index contributed by atoms with van der Waals surface area (Å²) in [5.41, 5.74) is 1.11. The van der Waals surface area contributed by atoms with Crippen molar-refractivity contribution in [3.05, 3.63) is 69.7 Å². The quantitative estimate of drug-likeness (QED) is 0.587. The van der Waals surface area contributed by atoms with E-state index in [0.29, 0.717) is 0 Å². The summed E-state index contributed by atoms with van der Waals surface area (Å²) >= 11 is 5.84. The first-order valence-corrected chi connectivity index (χ1v) is 10.5. The van der Waals surface area contributed by atoms with E-state index in [0.717, 1.165) is 30.5 Å². The molecule has 0 radical (unpaired) electrons. The first-order valence-electron chi connectivity index (χ1n) is 10.2. The van der Waals surface area contributed by atoms with E-state index in [1.54, 1.807) is 0 Å². The maximum Gasteiger partial charge on any atom is 0.417 e. The molecule has 1 heterocycles. The van der Waals surface area contributed by atoms with E-state index in [1.807, 2.05) is 12.1 Å². The second-order valence-corrected chi connectivity index (χ2v) is 8.80. The van der Waals surface area contributed by atoms with Crippen LogP contribution < -0.4 is 5.32 Å². The fourth-order valence-electron chi connectivity index (χ4n) is 5.05. The molecule has 8 heteroatoms. The summed E-state index contributed by atoms with van der Waals surface area (Å²) in [4.78, 5) is 14.9. The molecular formula is C23H25Cl2F3N2O. The normalized spacial score (nSPS) is 23.3. The van der Waals surface area contributed by atoms with Crippen molar-refractivity contribution in [2.24, 2.45) is 5.92 Å². The molecule has 31 heavy (non-hydrogen) atoms. The van der Waals surface area contributed by atoms with Crippen LogP contribution in [0, 0.1) is 5.92 Å². The molecule has 0 spiro atoms. The fourth-order valence-corrected chi connectivity index (χ4v) is 5.37. The van der Waals surface area contributed by atoms with Crippen LogP contribution in [0.4, 0.5) is 13.2 Å². The number of nitrogens with one attached hydrogen (secondary N) is 1. The highest BCUT2D eigenvalue weighted by Gasteiger charge is 2.46. The van der Waals surface area contributed by atoms with E-state index in [4.69, 9.17) is 11.6 Å². The maximum atomic E-state index is 13.0. The Bertz CT molecular complexity index is 949. The Morgan fingerprint density at radius 2 is 1.94 bits per heavy atom. The van der Waals surface area contributed by atoms with Crippen LogP contribution >= 0.6 is 24.0 Å². The lowest BCUT2D eigenvalue weighted by molar-refractivity contribution is -0.137. The van der Waals surface area contributed by atoms with Crippen LogP contribution in [0.25, 0.3) is 0 Å². The lowest BCUT2D eigenvalue weighted by Gasteiger charge is -2.38. The van der Waals surface area contributed by atoms with Crippen molar-refractivity contribution in [2.45, 2.75) is 43.9 Å². The molecule has 1 N–H and O–H groups in total. The van der Waals surface area contributed by atoms with Gasteiger partial charge in [0.2, 0.25) is 0 Å². The van der Waals surface area contributed by atoms with Crippen molar-refractivity contribution in [3.63, 3.8) is 0 Å². The number of hydrogen-bond donors (Lipinski definition) is 1. The third-order valence-electron chi connectivity index (χ3n) is 6.58. The van der Waals surface area contributed by atoms with Gasteiger partial charge in [0.25, 0.3) is 5.91 Å². The minimum absolute atomic E-state index is 0. The number of nitrogens with zero attached hydrogens (tertiary/aromatic N) is 1. The lowest BCUT2D eigenvalue weighted by atomic mass is 9.75. The number of carbonyl (C=O) groups excluding carboxylic acids is 1.